The Morgan fingerprint density at radius 3 is 2.75 bits per heavy atom. The Morgan fingerprint density at radius 1 is 1.30 bits per heavy atom. The molecule has 0 unspecified atom stereocenters. The van der Waals surface area contributed by atoms with Crippen molar-refractivity contribution >= 4 is 17.2 Å². The number of carbonyl (C=O) groups is 1. The van der Waals surface area contributed by atoms with Crippen molar-refractivity contribution in [3.05, 3.63) is 51.5 Å². The average Bonchev–Trinajstić information content (AvgIpc) is 2.80. The molecule has 2 rings (SSSR count). The fourth-order valence-electron chi connectivity index (χ4n) is 1.97. The van der Waals surface area contributed by atoms with Crippen molar-refractivity contribution in [2.75, 3.05) is 6.54 Å². The van der Waals surface area contributed by atoms with E-state index in [0.29, 0.717) is 13.0 Å². The number of thiazole rings is 1. The van der Waals surface area contributed by atoms with Gasteiger partial charge in [-0.2, -0.15) is 0 Å². The minimum atomic E-state index is 0.0998. The maximum Gasteiger partial charge on any atom is 0.219 e. The average molecular weight is 288 g/mol. The number of nitrogens with one attached hydrogen (secondary N) is 1. The Morgan fingerprint density at radius 2 is 2.05 bits per heavy atom. The van der Waals surface area contributed by atoms with Gasteiger partial charge in [0.15, 0.2) is 0 Å². The third-order valence-corrected chi connectivity index (χ3v) is 4.34. The molecular formula is C16H20N2OS. The van der Waals surface area contributed by atoms with Crippen molar-refractivity contribution in [3.8, 4) is 0 Å². The molecule has 0 fully saturated rings. The van der Waals surface area contributed by atoms with Crippen LogP contribution in [0.2, 0.25) is 0 Å². The molecule has 1 amide bonds. The minimum Gasteiger partial charge on any atom is -0.356 e. The first-order valence-corrected chi connectivity index (χ1v) is 7.76. The molecule has 0 saturated heterocycles. The summed E-state index contributed by atoms with van der Waals surface area (Å²) in [7, 11) is 0. The highest BCUT2D eigenvalue weighted by Gasteiger charge is 2.08. The lowest BCUT2D eigenvalue weighted by molar-refractivity contribution is -0.120. The van der Waals surface area contributed by atoms with Crippen molar-refractivity contribution in [3.63, 3.8) is 0 Å². The van der Waals surface area contributed by atoms with Crippen molar-refractivity contribution < 1.29 is 4.79 Å². The second kappa shape index (κ2) is 7.20. The van der Waals surface area contributed by atoms with E-state index in [0.717, 1.165) is 23.5 Å². The summed E-state index contributed by atoms with van der Waals surface area (Å²) in [5, 5.41) is 3.99. The molecule has 1 aromatic heterocycles. The van der Waals surface area contributed by atoms with Crippen molar-refractivity contribution in [1.82, 2.24) is 10.3 Å². The molecule has 3 nitrogen and oxygen atoms in total. The maximum atomic E-state index is 11.2. The number of nitrogens with zero attached hydrogens (tertiary/aromatic N) is 1. The van der Waals surface area contributed by atoms with Crippen LogP contribution in [-0.2, 0) is 17.6 Å². The van der Waals surface area contributed by atoms with E-state index in [9.17, 15) is 4.79 Å². The zero-order chi connectivity index (χ0) is 14.4. The lowest BCUT2D eigenvalue weighted by Crippen LogP contribution is -2.24. The molecule has 2 aromatic rings. The summed E-state index contributed by atoms with van der Waals surface area (Å²) in [5.41, 5.74) is 2.42. The highest BCUT2D eigenvalue weighted by molar-refractivity contribution is 7.11. The zero-order valence-electron chi connectivity index (χ0n) is 12.0. The third-order valence-electron chi connectivity index (χ3n) is 3.13. The van der Waals surface area contributed by atoms with Gasteiger partial charge in [0, 0.05) is 30.7 Å². The SMILES string of the molecule is CCC(=O)NCCc1nc(C)c(Cc2ccccc2)s1. The second-order valence-electron chi connectivity index (χ2n) is 4.73. The van der Waals surface area contributed by atoms with Crippen molar-refractivity contribution in [2.24, 2.45) is 0 Å². The molecule has 0 aliphatic carbocycles. The maximum absolute atomic E-state index is 11.2. The molecule has 0 aliphatic rings. The molecular weight excluding hydrogens is 268 g/mol. The summed E-state index contributed by atoms with van der Waals surface area (Å²) in [6, 6.07) is 10.4. The fraction of sp³-hybridized carbons (Fsp3) is 0.375. The van der Waals surface area contributed by atoms with Crippen LogP contribution in [0.1, 0.15) is 34.5 Å². The van der Waals surface area contributed by atoms with E-state index in [1.807, 2.05) is 13.0 Å². The van der Waals surface area contributed by atoms with Gasteiger partial charge in [0.1, 0.15) is 0 Å². The van der Waals surface area contributed by atoms with Crippen LogP contribution in [-0.4, -0.2) is 17.4 Å². The molecule has 0 atom stereocenters. The van der Waals surface area contributed by atoms with Crippen LogP contribution in [0.4, 0.5) is 0 Å². The number of hydrogen-bond acceptors (Lipinski definition) is 3. The van der Waals surface area contributed by atoms with Gasteiger partial charge in [-0.1, -0.05) is 37.3 Å². The summed E-state index contributed by atoms with van der Waals surface area (Å²) in [5.74, 6) is 0.0998. The Hall–Kier alpha value is -1.68. The van der Waals surface area contributed by atoms with E-state index in [4.69, 9.17) is 0 Å². The van der Waals surface area contributed by atoms with E-state index in [2.05, 4.69) is 41.5 Å². The van der Waals surface area contributed by atoms with E-state index >= 15 is 0 Å². The number of carbonyl (C=O) groups excluding carboxylic acids is 1. The van der Waals surface area contributed by atoms with Crippen molar-refractivity contribution in [1.29, 1.82) is 0 Å². The van der Waals surface area contributed by atoms with Crippen LogP contribution >= 0.6 is 11.3 Å². The van der Waals surface area contributed by atoms with Crippen LogP contribution in [0.5, 0.6) is 0 Å². The number of aromatic nitrogens is 1. The molecule has 0 bridgehead atoms. The molecule has 0 radical (unpaired) electrons. The normalized spacial score (nSPS) is 10.5. The first-order chi connectivity index (χ1) is 9.69. The monoisotopic (exact) mass is 288 g/mol. The Labute approximate surface area is 124 Å². The van der Waals surface area contributed by atoms with Gasteiger partial charge in [-0.3, -0.25) is 4.79 Å². The second-order valence-corrected chi connectivity index (χ2v) is 5.90. The summed E-state index contributed by atoms with van der Waals surface area (Å²) in [6.07, 6.45) is 2.29. The summed E-state index contributed by atoms with van der Waals surface area (Å²) in [6.45, 7) is 4.59. The van der Waals surface area contributed by atoms with Gasteiger partial charge in [-0.05, 0) is 12.5 Å². The smallest absolute Gasteiger partial charge is 0.219 e. The summed E-state index contributed by atoms with van der Waals surface area (Å²) >= 11 is 1.75. The molecule has 1 aromatic carbocycles. The van der Waals surface area contributed by atoms with Crippen LogP contribution < -0.4 is 5.32 Å². The molecule has 1 N–H and O–H groups in total. The molecule has 0 spiro atoms. The number of rotatable bonds is 6. The standard InChI is InChI=1S/C16H20N2OS/c1-3-15(19)17-10-9-16-18-12(2)14(20-16)11-13-7-5-4-6-8-13/h4-8H,3,9-11H2,1-2H3,(H,17,19). The van der Waals surface area contributed by atoms with Gasteiger partial charge >= 0.3 is 0 Å². The molecule has 20 heavy (non-hydrogen) atoms. The largest absolute Gasteiger partial charge is 0.356 e. The van der Waals surface area contributed by atoms with Gasteiger partial charge in [-0.25, -0.2) is 4.98 Å². The van der Waals surface area contributed by atoms with Crippen LogP contribution in [0.25, 0.3) is 0 Å². The molecule has 106 valence electrons. The van der Waals surface area contributed by atoms with Crippen LogP contribution in [0.15, 0.2) is 30.3 Å². The topological polar surface area (TPSA) is 42.0 Å². The van der Waals surface area contributed by atoms with E-state index in [1.165, 1.54) is 10.4 Å². The third kappa shape index (κ3) is 4.17. The minimum absolute atomic E-state index is 0.0998. The summed E-state index contributed by atoms with van der Waals surface area (Å²) in [4.78, 5) is 17.1. The predicted molar refractivity (Wildman–Crippen MR) is 83.1 cm³/mol. The quantitative estimate of drug-likeness (QED) is 0.887. The highest BCUT2D eigenvalue weighted by atomic mass is 32.1. The number of aryl methyl sites for hydroxylation is 1. The van der Waals surface area contributed by atoms with Crippen LogP contribution in [0.3, 0.4) is 0 Å². The fourth-order valence-corrected chi connectivity index (χ4v) is 3.08. The van der Waals surface area contributed by atoms with Gasteiger partial charge < -0.3 is 5.32 Å². The Bertz CT molecular complexity index is 563. The number of amides is 1. The van der Waals surface area contributed by atoms with E-state index in [-0.39, 0.29) is 5.91 Å². The lowest BCUT2D eigenvalue weighted by atomic mass is 10.1. The molecule has 0 aliphatic heterocycles. The van der Waals surface area contributed by atoms with Crippen molar-refractivity contribution in [2.45, 2.75) is 33.1 Å². The van der Waals surface area contributed by atoms with Gasteiger partial charge in [0.2, 0.25) is 5.91 Å². The number of hydrogen-bond donors (Lipinski definition) is 1. The number of benzene rings is 1. The van der Waals surface area contributed by atoms with Gasteiger partial charge in [0.05, 0.1) is 10.7 Å². The first-order valence-electron chi connectivity index (χ1n) is 6.95. The zero-order valence-corrected chi connectivity index (χ0v) is 12.8. The van der Waals surface area contributed by atoms with E-state index in [1.54, 1.807) is 11.3 Å². The molecule has 1 heterocycles. The van der Waals surface area contributed by atoms with E-state index < -0.39 is 0 Å². The Kier molecular flexibility index (Phi) is 5.30. The highest BCUT2D eigenvalue weighted by Crippen LogP contribution is 2.21. The predicted octanol–water partition coefficient (Wildman–Crippen LogP) is 3.11. The summed E-state index contributed by atoms with van der Waals surface area (Å²) < 4.78 is 0. The van der Waals surface area contributed by atoms with Gasteiger partial charge in [-0.15, -0.1) is 11.3 Å². The molecule has 0 saturated carbocycles. The van der Waals surface area contributed by atoms with Crippen LogP contribution in [0, 0.1) is 6.92 Å². The first kappa shape index (κ1) is 14.7. The van der Waals surface area contributed by atoms with Gasteiger partial charge in [0.25, 0.3) is 0 Å². The molecule has 4 heteroatoms. The Balaban J connectivity index is 1.94. The lowest BCUT2D eigenvalue weighted by Gasteiger charge is -2.00.